The van der Waals surface area contributed by atoms with Crippen molar-refractivity contribution in [2.45, 2.75) is 20.0 Å². The van der Waals surface area contributed by atoms with Gasteiger partial charge in [0, 0.05) is 20.2 Å². The molecule has 0 fully saturated rings. The summed E-state index contributed by atoms with van der Waals surface area (Å²) in [4.78, 5) is 4.64. The number of aliphatic imine (C=N–C) groups is 1. The Kier molecular flexibility index (Phi) is 9.00. The standard InChI is InChI=1S/C21H29N3O3/c1-4-22-21(24-16-18-6-5-7-20(14-18)26-3)23-15-17-8-10-19(11-9-17)27-13-12-25-2/h5-11,14H,4,12-13,15-16H2,1-3H3,(H2,22,23,24). The lowest BCUT2D eigenvalue weighted by atomic mass is 10.2. The Labute approximate surface area is 161 Å². The van der Waals surface area contributed by atoms with Crippen LogP contribution in [0.2, 0.25) is 0 Å². The second-order valence-electron chi connectivity index (χ2n) is 5.89. The second kappa shape index (κ2) is 11.8. The Bertz CT molecular complexity index is 702. The quantitative estimate of drug-likeness (QED) is 0.382. The number of guanidine groups is 1. The van der Waals surface area contributed by atoms with Crippen LogP contribution >= 0.6 is 0 Å². The van der Waals surface area contributed by atoms with Gasteiger partial charge >= 0.3 is 0 Å². The highest BCUT2D eigenvalue weighted by Gasteiger charge is 2.01. The molecule has 0 unspecified atom stereocenters. The predicted octanol–water partition coefficient (Wildman–Crippen LogP) is 2.98. The van der Waals surface area contributed by atoms with E-state index in [1.54, 1.807) is 14.2 Å². The number of ether oxygens (including phenoxy) is 3. The minimum absolute atomic E-state index is 0.551. The molecule has 0 radical (unpaired) electrons. The monoisotopic (exact) mass is 371 g/mol. The van der Waals surface area contributed by atoms with E-state index in [0.29, 0.717) is 26.3 Å². The first-order chi connectivity index (χ1) is 13.2. The molecule has 0 spiro atoms. The number of rotatable bonds is 10. The van der Waals surface area contributed by atoms with Crippen molar-refractivity contribution in [2.24, 2.45) is 4.99 Å². The fourth-order valence-corrected chi connectivity index (χ4v) is 2.42. The van der Waals surface area contributed by atoms with E-state index in [1.165, 1.54) is 0 Å². The van der Waals surface area contributed by atoms with Gasteiger partial charge in [0.15, 0.2) is 5.96 Å². The summed E-state index contributed by atoms with van der Waals surface area (Å²) >= 11 is 0. The molecule has 0 saturated heterocycles. The number of benzene rings is 2. The van der Waals surface area contributed by atoms with E-state index in [9.17, 15) is 0 Å². The van der Waals surface area contributed by atoms with Gasteiger partial charge in [-0.05, 0) is 42.3 Å². The number of methoxy groups -OCH3 is 2. The number of hydrogen-bond acceptors (Lipinski definition) is 4. The molecule has 0 bridgehead atoms. The normalized spacial score (nSPS) is 11.1. The van der Waals surface area contributed by atoms with Gasteiger partial charge in [-0.25, -0.2) is 4.99 Å². The van der Waals surface area contributed by atoms with Crippen LogP contribution in [0.25, 0.3) is 0 Å². The van der Waals surface area contributed by atoms with Crippen molar-refractivity contribution < 1.29 is 14.2 Å². The first-order valence-corrected chi connectivity index (χ1v) is 9.11. The van der Waals surface area contributed by atoms with Gasteiger partial charge in [-0.15, -0.1) is 0 Å². The topological polar surface area (TPSA) is 64.1 Å². The lowest BCUT2D eigenvalue weighted by Crippen LogP contribution is -2.36. The maximum atomic E-state index is 5.58. The van der Waals surface area contributed by atoms with Gasteiger partial charge < -0.3 is 24.8 Å². The van der Waals surface area contributed by atoms with E-state index < -0.39 is 0 Å². The molecule has 146 valence electrons. The molecule has 0 aliphatic rings. The van der Waals surface area contributed by atoms with Gasteiger partial charge in [0.2, 0.25) is 0 Å². The number of nitrogens with zero attached hydrogens (tertiary/aromatic N) is 1. The third-order valence-electron chi connectivity index (χ3n) is 3.84. The highest BCUT2D eigenvalue weighted by molar-refractivity contribution is 5.79. The summed E-state index contributed by atoms with van der Waals surface area (Å²) in [6, 6.07) is 16.0. The Morgan fingerprint density at radius 2 is 1.74 bits per heavy atom. The molecule has 0 aromatic heterocycles. The molecule has 2 aromatic rings. The Morgan fingerprint density at radius 3 is 2.44 bits per heavy atom. The Hall–Kier alpha value is -2.73. The van der Waals surface area contributed by atoms with Crippen molar-refractivity contribution >= 4 is 5.96 Å². The fraction of sp³-hybridized carbons (Fsp3) is 0.381. The third-order valence-corrected chi connectivity index (χ3v) is 3.84. The van der Waals surface area contributed by atoms with Crippen LogP contribution < -0.4 is 20.1 Å². The van der Waals surface area contributed by atoms with E-state index in [4.69, 9.17) is 14.2 Å². The van der Waals surface area contributed by atoms with Crippen LogP contribution in [-0.2, 0) is 17.8 Å². The highest BCUT2D eigenvalue weighted by atomic mass is 16.5. The lowest BCUT2D eigenvalue weighted by Gasteiger charge is -2.12. The first-order valence-electron chi connectivity index (χ1n) is 9.11. The van der Waals surface area contributed by atoms with E-state index in [2.05, 4.69) is 22.5 Å². The summed E-state index contributed by atoms with van der Waals surface area (Å²) in [7, 11) is 3.33. The molecule has 0 saturated carbocycles. The first kappa shape index (κ1) is 20.6. The van der Waals surface area contributed by atoms with Gasteiger partial charge in [0.25, 0.3) is 0 Å². The van der Waals surface area contributed by atoms with Crippen molar-refractivity contribution in [1.82, 2.24) is 10.6 Å². The zero-order chi connectivity index (χ0) is 19.3. The fourth-order valence-electron chi connectivity index (χ4n) is 2.42. The number of nitrogens with one attached hydrogen (secondary N) is 2. The summed E-state index contributed by atoms with van der Waals surface area (Å²) in [6.45, 7) is 5.25. The minimum atomic E-state index is 0.551. The van der Waals surface area contributed by atoms with E-state index in [-0.39, 0.29) is 0 Å². The van der Waals surface area contributed by atoms with Gasteiger partial charge in [-0.3, -0.25) is 0 Å². The molecule has 2 aromatic carbocycles. The molecule has 0 heterocycles. The molecule has 2 N–H and O–H groups in total. The summed E-state index contributed by atoms with van der Waals surface area (Å²) in [5.74, 6) is 2.46. The van der Waals surface area contributed by atoms with Crippen molar-refractivity contribution in [2.75, 3.05) is 34.0 Å². The summed E-state index contributed by atoms with van der Waals surface area (Å²) < 4.78 is 15.8. The SMILES string of the molecule is CCNC(=NCc1cccc(OC)c1)NCc1ccc(OCCOC)cc1. The Morgan fingerprint density at radius 1 is 0.926 bits per heavy atom. The average molecular weight is 371 g/mol. The molecule has 0 atom stereocenters. The van der Waals surface area contributed by atoms with Gasteiger partial charge in [0.1, 0.15) is 18.1 Å². The Balaban J connectivity index is 1.89. The molecular formula is C21H29N3O3. The van der Waals surface area contributed by atoms with Crippen LogP contribution in [0.3, 0.4) is 0 Å². The van der Waals surface area contributed by atoms with Crippen LogP contribution in [-0.4, -0.2) is 39.9 Å². The van der Waals surface area contributed by atoms with Crippen molar-refractivity contribution in [1.29, 1.82) is 0 Å². The highest BCUT2D eigenvalue weighted by Crippen LogP contribution is 2.13. The predicted molar refractivity (Wildman–Crippen MR) is 108 cm³/mol. The largest absolute Gasteiger partial charge is 0.497 e. The van der Waals surface area contributed by atoms with Crippen LogP contribution in [0.15, 0.2) is 53.5 Å². The van der Waals surface area contributed by atoms with Crippen LogP contribution in [0.1, 0.15) is 18.1 Å². The zero-order valence-electron chi connectivity index (χ0n) is 16.3. The summed E-state index contributed by atoms with van der Waals surface area (Å²) in [5.41, 5.74) is 2.25. The molecule has 0 aliphatic carbocycles. The molecular weight excluding hydrogens is 342 g/mol. The molecule has 6 heteroatoms. The molecule has 0 aliphatic heterocycles. The average Bonchev–Trinajstić information content (AvgIpc) is 2.71. The van der Waals surface area contributed by atoms with E-state index in [0.717, 1.165) is 35.1 Å². The lowest BCUT2D eigenvalue weighted by molar-refractivity contribution is 0.146. The molecule has 6 nitrogen and oxygen atoms in total. The van der Waals surface area contributed by atoms with Crippen molar-refractivity contribution in [3.63, 3.8) is 0 Å². The minimum Gasteiger partial charge on any atom is -0.497 e. The number of hydrogen-bond donors (Lipinski definition) is 2. The van der Waals surface area contributed by atoms with Crippen molar-refractivity contribution in [3.05, 3.63) is 59.7 Å². The van der Waals surface area contributed by atoms with E-state index in [1.807, 2.05) is 48.5 Å². The van der Waals surface area contributed by atoms with Crippen molar-refractivity contribution in [3.8, 4) is 11.5 Å². The van der Waals surface area contributed by atoms with Crippen LogP contribution in [0.4, 0.5) is 0 Å². The summed E-state index contributed by atoms with van der Waals surface area (Å²) in [6.07, 6.45) is 0. The van der Waals surface area contributed by atoms with Gasteiger partial charge in [0.05, 0.1) is 20.3 Å². The maximum absolute atomic E-state index is 5.58. The maximum Gasteiger partial charge on any atom is 0.191 e. The summed E-state index contributed by atoms with van der Waals surface area (Å²) in [5, 5.41) is 6.62. The van der Waals surface area contributed by atoms with Gasteiger partial charge in [-0.2, -0.15) is 0 Å². The smallest absolute Gasteiger partial charge is 0.191 e. The third kappa shape index (κ3) is 7.58. The van der Waals surface area contributed by atoms with Gasteiger partial charge in [-0.1, -0.05) is 24.3 Å². The molecule has 2 rings (SSSR count). The zero-order valence-corrected chi connectivity index (χ0v) is 16.3. The second-order valence-corrected chi connectivity index (χ2v) is 5.89. The molecule has 27 heavy (non-hydrogen) atoms. The molecule has 0 amide bonds. The van der Waals surface area contributed by atoms with Crippen LogP contribution in [0, 0.1) is 0 Å². The van der Waals surface area contributed by atoms with E-state index >= 15 is 0 Å². The van der Waals surface area contributed by atoms with Crippen LogP contribution in [0.5, 0.6) is 11.5 Å².